The standard InChI is InChI=1S/C15H19Cl2NO3/c16-10-6-7-11(17)14(8-10)21-9-15(20)18-12-4-2-1-3-5-13(12)19/h6-8,12-13,19H,1-5,9H2,(H,18,20). The number of aliphatic hydroxyl groups is 1. The number of nitrogens with one attached hydrogen (secondary N) is 1. The predicted octanol–water partition coefficient (Wildman–Crippen LogP) is 3.18. The summed E-state index contributed by atoms with van der Waals surface area (Å²) in [5.41, 5.74) is 0. The van der Waals surface area contributed by atoms with Crippen molar-refractivity contribution < 1.29 is 14.6 Å². The molecule has 116 valence electrons. The van der Waals surface area contributed by atoms with Gasteiger partial charge in [0.05, 0.1) is 17.2 Å². The highest BCUT2D eigenvalue weighted by atomic mass is 35.5. The second kappa shape index (κ2) is 7.87. The molecule has 2 rings (SSSR count). The topological polar surface area (TPSA) is 58.6 Å². The van der Waals surface area contributed by atoms with E-state index in [9.17, 15) is 9.90 Å². The summed E-state index contributed by atoms with van der Waals surface area (Å²) in [6.45, 7) is -0.150. The summed E-state index contributed by atoms with van der Waals surface area (Å²) in [6, 6.07) is 4.64. The van der Waals surface area contributed by atoms with E-state index in [1.54, 1.807) is 18.2 Å². The van der Waals surface area contributed by atoms with E-state index in [0.29, 0.717) is 15.8 Å². The molecule has 2 unspecified atom stereocenters. The fraction of sp³-hybridized carbons (Fsp3) is 0.533. The predicted molar refractivity (Wildman–Crippen MR) is 83.0 cm³/mol. The summed E-state index contributed by atoms with van der Waals surface area (Å²) in [5, 5.41) is 13.7. The molecule has 1 aromatic carbocycles. The summed E-state index contributed by atoms with van der Waals surface area (Å²) in [5.74, 6) is 0.109. The van der Waals surface area contributed by atoms with Crippen LogP contribution in [0.5, 0.6) is 5.75 Å². The lowest BCUT2D eigenvalue weighted by molar-refractivity contribution is -0.124. The molecule has 0 spiro atoms. The van der Waals surface area contributed by atoms with Crippen molar-refractivity contribution in [2.24, 2.45) is 0 Å². The summed E-state index contributed by atoms with van der Waals surface area (Å²) >= 11 is 11.8. The van der Waals surface area contributed by atoms with Gasteiger partial charge in [0.25, 0.3) is 5.91 Å². The molecule has 6 heteroatoms. The number of amides is 1. The molecule has 2 N–H and O–H groups in total. The summed E-state index contributed by atoms with van der Waals surface area (Å²) < 4.78 is 5.38. The number of hydrogen-bond donors (Lipinski definition) is 2. The Labute approximate surface area is 134 Å². The molecule has 0 aliphatic heterocycles. The van der Waals surface area contributed by atoms with Crippen molar-refractivity contribution in [1.29, 1.82) is 0 Å². The maximum absolute atomic E-state index is 11.9. The van der Waals surface area contributed by atoms with Crippen molar-refractivity contribution in [2.75, 3.05) is 6.61 Å². The molecule has 1 saturated carbocycles. The number of rotatable bonds is 4. The molecule has 1 aromatic rings. The average Bonchev–Trinajstić information content (AvgIpc) is 2.65. The minimum absolute atomic E-state index is 0.150. The van der Waals surface area contributed by atoms with Crippen LogP contribution < -0.4 is 10.1 Å². The first-order chi connectivity index (χ1) is 10.1. The second-order valence-corrected chi connectivity index (χ2v) is 6.09. The van der Waals surface area contributed by atoms with Gasteiger partial charge in [0.1, 0.15) is 5.75 Å². The van der Waals surface area contributed by atoms with Crippen LogP contribution in [0, 0.1) is 0 Å². The maximum Gasteiger partial charge on any atom is 0.258 e. The molecule has 1 amide bonds. The van der Waals surface area contributed by atoms with Crippen molar-refractivity contribution in [3.63, 3.8) is 0 Å². The number of carbonyl (C=O) groups is 1. The quantitative estimate of drug-likeness (QED) is 0.833. The van der Waals surface area contributed by atoms with Crippen molar-refractivity contribution in [2.45, 2.75) is 44.2 Å². The van der Waals surface area contributed by atoms with Crippen LogP contribution in [0.25, 0.3) is 0 Å². The summed E-state index contributed by atoms with van der Waals surface area (Å²) in [6.07, 6.45) is 4.16. The normalized spacial score (nSPS) is 22.4. The fourth-order valence-electron chi connectivity index (χ4n) is 2.44. The molecule has 1 aliphatic rings. The second-order valence-electron chi connectivity index (χ2n) is 5.24. The van der Waals surface area contributed by atoms with Gasteiger partial charge in [-0.3, -0.25) is 4.79 Å². The zero-order valence-corrected chi connectivity index (χ0v) is 13.2. The van der Waals surface area contributed by atoms with Crippen LogP contribution in [0.3, 0.4) is 0 Å². The molecule has 1 aliphatic carbocycles. The van der Waals surface area contributed by atoms with E-state index in [4.69, 9.17) is 27.9 Å². The lowest BCUT2D eigenvalue weighted by Crippen LogP contribution is -2.44. The Hall–Kier alpha value is -0.970. The zero-order chi connectivity index (χ0) is 15.2. The van der Waals surface area contributed by atoms with Crippen LogP contribution in [0.1, 0.15) is 32.1 Å². The van der Waals surface area contributed by atoms with Crippen molar-refractivity contribution in [1.82, 2.24) is 5.32 Å². The van der Waals surface area contributed by atoms with Gasteiger partial charge in [0, 0.05) is 11.1 Å². The smallest absolute Gasteiger partial charge is 0.258 e. The largest absolute Gasteiger partial charge is 0.482 e. The van der Waals surface area contributed by atoms with E-state index in [0.717, 1.165) is 32.1 Å². The van der Waals surface area contributed by atoms with Gasteiger partial charge in [0.2, 0.25) is 0 Å². The van der Waals surface area contributed by atoms with Crippen LogP contribution in [0.4, 0.5) is 0 Å². The zero-order valence-electron chi connectivity index (χ0n) is 11.6. The third kappa shape index (κ3) is 5.06. The highest BCUT2D eigenvalue weighted by Crippen LogP contribution is 2.27. The monoisotopic (exact) mass is 331 g/mol. The Bertz CT molecular complexity index is 496. The molecular formula is C15H19Cl2NO3. The van der Waals surface area contributed by atoms with E-state index in [2.05, 4.69) is 5.32 Å². The number of benzene rings is 1. The Morgan fingerprint density at radius 2 is 2.05 bits per heavy atom. The minimum Gasteiger partial charge on any atom is -0.482 e. The van der Waals surface area contributed by atoms with E-state index in [-0.39, 0.29) is 18.6 Å². The van der Waals surface area contributed by atoms with Gasteiger partial charge in [-0.15, -0.1) is 0 Å². The van der Waals surface area contributed by atoms with Gasteiger partial charge in [-0.1, -0.05) is 42.5 Å². The van der Waals surface area contributed by atoms with Crippen LogP contribution in [-0.2, 0) is 4.79 Å². The number of halogens is 2. The van der Waals surface area contributed by atoms with Crippen LogP contribution in [-0.4, -0.2) is 29.8 Å². The third-order valence-corrected chi connectivity index (χ3v) is 4.13. The molecule has 0 aromatic heterocycles. The van der Waals surface area contributed by atoms with Gasteiger partial charge >= 0.3 is 0 Å². The first kappa shape index (κ1) is 16.4. The molecule has 4 nitrogen and oxygen atoms in total. The Balaban J connectivity index is 1.85. The number of carbonyl (C=O) groups excluding carboxylic acids is 1. The first-order valence-electron chi connectivity index (χ1n) is 7.11. The first-order valence-corrected chi connectivity index (χ1v) is 7.87. The van der Waals surface area contributed by atoms with Gasteiger partial charge in [-0.25, -0.2) is 0 Å². The van der Waals surface area contributed by atoms with E-state index in [1.165, 1.54) is 0 Å². The average molecular weight is 332 g/mol. The molecule has 2 atom stereocenters. The fourth-order valence-corrected chi connectivity index (χ4v) is 2.77. The molecule has 21 heavy (non-hydrogen) atoms. The Kier molecular flexibility index (Phi) is 6.15. The van der Waals surface area contributed by atoms with Gasteiger partial charge < -0.3 is 15.2 Å². The third-order valence-electron chi connectivity index (χ3n) is 3.58. The number of aliphatic hydroxyl groups excluding tert-OH is 1. The van der Waals surface area contributed by atoms with Gasteiger partial charge in [-0.2, -0.15) is 0 Å². The molecule has 0 heterocycles. The molecule has 1 fully saturated rings. The number of hydrogen-bond acceptors (Lipinski definition) is 3. The lowest BCUT2D eigenvalue weighted by atomic mass is 10.1. The Morgan fingerprint density at radius 3 is 2.86 bits per heavy atom. The SMILES string of the molecule is O=C(COc1cc(Cl)ccc1Cl)NC1CCCCCC1O. The van der Waals surface area contributed by atoms with Crippen molar-refractivity contribution in [3.8, 4) is 5.75 Å². The van der Waals surface area contributed by atoms with Gasteiger partial charge in [0.15, 0.2) is 6.61 Å². The van der Waals surface area contributed by atoms with E-state index in [1.807, 2.05) is 0 Å². The molecular weight excluding hydrogens is 313 g/mol. The van der Waals surface area contributed by atoms with Crippen molar-refractivity contribution >= 4 is 29.1 Å². The van der Waals surface area contributed by atoms with E-state index >= 15 is 0 Å². The molecule has 0 saturated heterocycles. The highest BCUT2D eigenvalue weighted by Gasteiger charge is 2.23. The molecule has 0 bridgehead atoms. The van der Waals surface area contributed by atoms with Gasteiger partial charge in [-0.05, 0) is 25.0 Å². The summed E-state index contributed by atoms with van der Waals surface area (Å²) in [7, 11) is 0. The van der Waals surface area contributed by atoms with Crippen LogP contribution >= 0.6 is 23.2 Å². The van der Waals surface area contributed by atoms with E-state index < -0.39 is 6.10 Å². The van der Waals surface area contributed by atoms with Crippen LogP contribution in [0.2, 0.25) is 10.0 Å². The van der Waals surface area contributed by atoms with Crippen LogP contribution in [0.15, 0.2) is 18.2 Å². The lowest BCUT2D eigenvalue weighted by Gasteiger charge is -2.21. The Morgan fingerprint density at radius 1 is 1.29 bits per heavy atom. The number of ether oxygens (including phenoxy) is 1. The minimum atomic E-state index is -0.480. The summed E-state index contributed by atoms with van der Waals surface area (Å²) in [4.78, 5) is 11.9. The highest BCUT2D eigenvalue weighted by molar-refractivity contribution is 6.34. The maximum atomic E-state index is 11.9. The van der Waals surface area contributed by atoms with Crippen molar-refractivity contribution in [3.05, 3.63) is 28.2 Å². The molecule has 0 radical (unpaired) electrons.